The van der Waals surface area contributed by atoms with Crippen LogP contribution in [0.15, 0.2) is 24.3 Å². The molecule has 1 aliphatic heterocycles. The maximum absolute atomic E-state index is 13.5. The van der Waals surface area contributed by atoms with Crippen LogP contribution in [0.5, 0.6) is 0 Å². The van der Waals surface area contributed by atoms with Crippen molar-refractivity contribution in [3.63, 3.8) is 0 Å². The smallest absolute Gasteiger partial charge is 0.322 e. The molecule has 5 nitrogen and oxygen atoms in total. The van der Waals surface area contributed by atoms with Gasteiger partial charge in [-0.25, -0.2) is 0 Å². The zero-order valence-corrected chi connectivity index (χ0v) is 18.3. The van der Waals surface area contributed by atoms with Crippen LogP contribution in [0.1, 0.15) is 80.6 Å². The molecule has 3 rings (SSSR count). The van der Waals surface area contributed by atoms with Gasteiger partial charge in [0.2, 0.25) is 0 Å². The van der Waals surface area contributed by atoms with Gasteiger partial charge in [-0.3, -0.25) is 14.4 Å². The number of hydrogen-bond acceptors (Lipinski definition) is 3. The molecule has 1 heterocycles. The Labute approximate surface area is 182 Å². The number of likely N-dealkylation sites (tertiary alicyclic amines) is 1. The van der Waals surface area contributed by atoms with Crippen molar-refractivity contribution in [1.29, 1.82) is 0 Å². The number of hydrogen-bond donors (Lipinski definition) is 1. The summed E-state index contributed by atoms with van der Waals surface area (Å²) in [5, 5.41) is 2.93. The summed E-state index contributed by atoms with van der Waals surface area (Å²) >= 11 is 0. The van der Waals surface area contributed by atoms with Crippen molar-refractivity contribution in [2.75, 3.05) is 13.1 Å². The van der Waals surface area contributed by atoms with Gasteiger partial charge in [-0.2, -0.15) is 8.78 Å². The predicted octanol–water partition coefficient (Wildman–Crippen LogP) is 4.32. The van der Waals surface area contributed by atoms with Crippen LogP contribution in [-0.4, -0.2) is 47.6 Å². The molecule has 170 valence electrons. The maximum atomic E-state index is 13.5. The zero-order chi connectivity index (χ0) is 22.6. The van der Waals surface area contributed by atoms with E-state index in [1.807, 2.05) is 6.07 Å². The van der Waals surface area contributed by atoms with Crippen LogP contribution in [0.2, 0.25) is 0 Å². The fourth-order valence-electron chi connectivity index (χ4n) is 4.89. The highest BCUT2D eigenvalue weighted by Gasteiger charge is 2.38. The number of alkyl halides is 2. The molecule has 0 aromatic heterocycles. The molecule has 0 bridgehead atoms. The number of benzene rings is 1. The second kappa shape index (κ2) is 9.88. The zero-order valence-electron chi connectivity index (χ0n) is 18.3. The summed E-state index contributed by atoms with van der Waals surface area (Å²) in [5.41, 5.74) is 1.30. The standard InChI is InChI=1S/C24H32F2N2O3/c1-16(29)21(17-8-4-3-5-9-17)27-22(30)19-11-6-10-18(14-19)20-12-7-13-28(15-20)23(31)24(2,25)26/h6,10-11,14,17,20-21H,3-5,7-9,12-13,15H2,1-2H3,(H,27,30)/t20?,21-/m0/s1. The van der Waals surface area contributed by atoms with Gasteiger partial charge in [-0.05, 0) is 56.2 Å². The quantitative estimate of drug-likeness (QED) is 0.725. The van der Waals surface area contributed by atoms with Gasteiger partial charge in [-0.1, -0.05) is 31.4 Å². The fraction of sp³-hybridized carbons (Fsp3) is 0.625. The maximum Gasteiger partial charge on any atom is 0.322 e. The van der Waals surface area contributed by atoms with Gasteiger partial charge in [0.15, 0.2) is 5.78 Å². The van der Waals surface area contributed by atoms with Gasteiger partial charge >= 0.3 is 5.92 Å². The molecule has 1 unspecified atom stereocenters. The van der Waals surface area contributed by atoms with Crippen molar-refractivity contribution in [3.05, 3.63) is 35.4 Å². The van der Waals surface area contributed by atoms with E-state index in [1.54, 1.807) is 18.2 Å². The van der Waals surface area contributed by atoms with Crippen molar-refractivity contribution in [2.45, 2.75) is 76.7 Å². The molecule has 2 atom stereocenters. The molecule has 2 aliphatic rings. The Morgan fingerprint density at radius 1 is 1.10 bits per heavy atom. The van der Waals surface area contributed by atoms with E-state index in [1.165, 1.54) is 18.2 Å². The second-order valence-electron chi connectivity index (χ2n) is 9.06. The first-order chi connectivity index (χ1) is 14.7. The highest BCUT2D eigenvalue weighted by atomic mass is 19.3. The molecular weight excluding hydrogens is 402 g/mol. The molecular formula is C24H32F2N2O3. The van der Waals surface area contributed by atoms with E-state index in [9.17, 15) is 23.2 Å². The Morgan fingerprint density at radius 3 is 2.45 bits per heavy atom. The number of nitrogens with zero attached hydrogens (tertiary/aromatic N) is 1. The Morgan fingerprint density at radius 2 is 1.81 bits per heavy atom. The minimum absolute atomic E-state index is 0.0293. The van der Waals surface area contributed by atoms with Gasteiger partial charge in [0.1, 0.15) is 0 Å². The van der Waals surface area contributed by atoms with Gasteiger partial charge in [-0.15, -0.1) is 0 Å². The summed E-state index contributed by atoms with van der Waals surface area (Å²) in [5.74, 6) is -4.79. The molecule has 1 aliphatic carbocycles. The first kappa shape index (κ1) is 23.4. The number of amides is 2. The normalized spacial score (nSPS) is 21.4. The lowest BCUT2D eigenvalue weighted by Gasteiger charge is -2.34. The van der Waals surface area contributed by atoms with E-state index >= 15 is 0 Å². The number of Topliss-reactive ketones (excluding diaryl/α,β-unsaturated/α-hetero) is 1. The molecule has 31 heavy (non-hydrogen) atoms. The van der Waals surface area contributed by atoms with E-state index in [2.05, 4.69) is 5.32 Å². The Hall–Kier alpha value is -2.31. The molecule has 1 N–H and O–H groups in total. The highest BCUT2D eigenvalue weighted by Crippen LogP contribution is 2.30. The van der Waals surface area contributed by atoms with Crippen molar-refractivity contribution in [3.8, 4) is 0 Å². The lowest BCUT2D eigenvalue weighted by atomic mass is 9.82. The summed E-state index contributed by atoms with van der Waals surface area (Å²) in [6, 6.07) is 6.61. The molecule has 1 saturated heterocycles. The number of rotatable bonds is 6. The molecule has 1 aromatic rings. The first-order valence-electron chi connectivity index (χ1n) is 11.3. The minimum atomic E-state index is -3.38. The Bertz CT molecular complexity index is 815. The van der Waals surface area contributed by atoms with E-state index in [4.69, 9.17) is 0 Å². The van der Waals surface area contributed by atoms with Crippen LogP contribution < -0.4 is 5.32 Å². The van der Waals surface area contributed by atoms with Gasteiger partial charge in [0, 0.05) is 31.5 Å². The van der Waals surface area contributed by atoms with Crippen molar-refractivity contribution < 1.29 is 23.2 Å². The SMILES string of the molecule is CC(=O)[C@H](NC(=O)c1cccc(C2CCCN(C(=O)C(C)(F)F)C2)c1)C1CCCCC1. The number of piperidine rings is 1. The van der Waals surface area contributed by atoms with Gasteiger partial charge in [0.25, 0.3) is 11.8 Å². The molecule has 0 radical (unpaired) electrons. The molecule has 1 aromatic carbocycles. The minimum Gasteiger partial charge on any atom is -0.342 e. The number of carbonyl (C=O) groups excluding carboxylic acids is 3. The molecule has 1 saturated carbocycles. The van der Waals surface area contributed by atoms with Crippen LogP contribution in [0.3, 0.4) is 0 Å². The average Bonchev–Trinajstić information content (AvgIpc) is 2.76. The highest BCUT2D eigenvalue weighted by molar-refractivity contribution is 5.97. The van der Waals surface area contributed by atoms with E-state index in [0.717, 1.165) is 37.7 Å². The third-order valence-corrected chi connectivity index (χ3v) is 6.55. The lowest BCUT2D eigenvalue weighted by molar-refractivity contribution is -0.156. The van der Waals surface area contributed by atoms with Crippen LogP contribution >= 0.6 is 0 Å². The van der Waals surface area contributed by atoms with Crippen molar-refractivity contribution >= 4 is 17.6 Å². The molecule has 2 amide bonds. The van der Waals surface area contributed by atoms with Crippen LogP contribution in [-0.2, 0) is 9.59 Å². The summed E-state index contributed by atoms with van der Waals surface area (Å²) in [6.07, 6.45) is 6.61. The summed E-state index contributed by atoms with van der Waals surface area (Å²) in [4.78, 5) is 38.3. The second-order valence-corrected chi connectivity index (χ2v) is 9.06. The number of ketones is 1. The third kappa shape index (κ3) is 5.89. The fourth-order valence-corrected chi connectivity index (χ4v) is 4.89. The largest absolute Gasteiger partial charge is 0.342 e. The summed E-state index contributed by atoms with van der Waals surface area (Å²) in [7, 11) is 0. The molecule has 7 heteroatoms. The number of carbonyl (C=O) groups is 3. The van der Waals surface area contributed by atoms with E-state index in [0.29, 0.717) is 25.5 Å². The predicted molar refractivity (Wildman–Crippen MR) is 114 cm³/mol. The van der Waals surface area contributed by atoms with E-state index in [-0.39, 0.29) is 30.1 Å². The van der Waals surface area contributed by atoms with Crippen LogP contribution in [0.25, 0.3) is 0 Å². The van der Waals surface area contributed by atoms with Gasteiger partial charge < -0.3 is 10.2 Å². The lowest BCUT2D eigenvalue weighted by Crippen LogP contribution is -2.46. The van der Waals surface area contributed by atoms with Crippen molar-refractivity contribution in [2.24, 2.45) is 5.92 Å². The average molecular weight is 435 g/mol. The Kier molecular flexibility index (Phi) is 7.44. The van der Waals surface area contributed by atoms with E-state index < -0.39 is 17.9 Å². The summed E-state index contributed by atoms with van der Waals surface area (Å²) < 4.78 is 26.9. The van der Waals surface area contributed by atoms with Crippen LogP contribution in [0.4, 0.5) is 8.78 Å². The Balaban J connectivity index is 1.71. The molecule has 0 spiro atoms. The topological polar surface area (TPSA) is 66.5 Å². The van der Waals surface area contributed by atoms with Crippen molar-refractivity contribution in [1.82, 2.24) is 10.2 Å². The van der Waals surface area contributed by atoms with Gasteiger partial charge in [0.05, 0.1) is 6.04 Å². The molecule has 2 fully saturated rings. The monoisotopic (exact) mass is 434 g/mol. The summed E-state index contributed by atoms with van der Waals surface area (Å²) in [6.45, 7) is 2.68. The number of nitrogens with one attached hydrogen (secondary N) is 1. The third-order valence-electron chi connectivity index (χ3n) is 6.55. The number of halogens is 2. The van der Waals surface area contributed by atoms with Crippen LogP contribution in [0, 0.1) is 5.92 Å². The first-order valence-corrected chi connectivity index (χ1v) is 11.3.